The fourth-order valence-corrected chi connectivity index (χ4v) is 1.60. The summed E-state index contributed by atoms with van der Waals surface area (Å²) in [5.41, 5.74) is -7.31. The van der Waals surface area contributed by atoms with E-state index >= 15 is 0 Å². The lowest BCUT2D eigenvalue weighted by Gasteiger charge is -2.39. The SMILES string of the molecule is O=c1[nH]nc(C(F)(F)C(F)(F)C(F)(F)C(F)(F)C(F)(F)C(F)(F)Cl)c(=O)[nH]1. The summed E-state index contributed by atoms with van der Waals surface area (Å²) in [5.74, 6) is -37.6. The fraction of sp³-hybridized carbons (Fsp3) is 0.667. The normalized spacial score (nSPS) is 15.1. The topological polar surface area (TPSA) is 78.6 Å². The molecule has 0 saturated carbocycles. The van der Waals surface area contributed by atoms with Crippen molar-refractivity contribution in [2.45, 2.75) is 35.0 Å². The quantitative estimate of drug-likeness (QED) is 0.520. The van der Waals surface area contributed by atoms with Crippen molar-refractivity contribution in [3.05, 3.63) is 26.5 Å². The van der Waals surface area contributed by atoms with Crippen LogP contribution < -0.4 is 11.2 Å². The summed E-state index contributed by atoms with van der Waals surface area (Å²) in [5, 5.41) is -3.73. The Bertz CT molecular complexity index is 826. The molecule has 0 aliphatic carbocycles. The second-order valence-electron chi connectivity index (χ2n) is 4.73. The van der Waals surface area contributed by atoms with Crippen molar-refractivity contribution in [2.24, 2.45) is 0 Å². The van der Waals surface area contributed by atoms with E-state index in [1.807, 2.05) is 5.10 Å². The lowest BCUT2D eigenvalue weighted by molar-refractivity contribution is -0.420. The molecule has 0 fully saturated rings. The van der Waals surface area contributed by atoms with Gasteiger partial charge in [-0.25, -0.2) is 9.89 Å². The first-order chi connectivity index (χ1) is 11.7. The molecule has 27 heavy (non-hydrogen) atoms. The van der Waals surface area contributed by atoms with E-state index in [1.165, 1.54) is 0 Å². The van der Waals surface area contributed by atoms with Gasteiger partial charge < -0.3 is 0 Å². The fourth-order valence-electron chi connectivity index (χ4n) is 1.48. The maximum Gasteiger partial charge on any atom is 0.393 e. The molecule has 1 aromatic heterocycles. The first-order valence-corrected chi connectivity index (χ1v) is 6.19. The van der Waals surface area contributed by atoms with Gasteiger partial charge in [-0.1, -0.05) is 0 Å². The molecule has 0 saturated heterocycles. The maximum atomic E-state index is 13.6. The summed E-state index contributed by atoms with van der Waals surface area (Å²) in [6.45, 7) is 0. The van der Waals surface area contributed by atoms with Gasteiger partial charge in [-0.05, 0) is 11.6 Å². The Balaban J connectivity index is 3.68. The van der Waals surface area contributed by atoms with E-state index in [0.29, 0.717) is 0 Å². The van der Waals surface area contributed by atoms with Crippen LogP contribution in [0, 0.1) is 0 Å². The zero-order valence-corrected chi connectivity index (χ0v) is 12.4. The molecular weight excluding hydrogens is 446 g/mol. The van der Waals surface area contributed by atoms with E-state index in [1.54, 1.807) is 0 Å². The predicted molar refractivity (Wildman–Crippen MR) is 60.0 cm³/mol. The molecule has 0 bridgehead atoms. The summed E-state index contributed by atoms with van der Waals surface area (Å²) in [6, 6.07) is 0. The number of aromatic amines is 2. The van der Waals surface area contributed by atoms with Crippen molar-refractivity contribution < 1.29 is 52.7 Å². The smallest absolute Gasteiger partial charge is 0.271 e. The molecule has 0 aromatic carbocycles. The number of H-pyrrole nitrogens is 2. The second kappa shape index (κ2) is 6.03. The molecule has 0 radical (unpaired) electrons. The molecule has 0 unspecified atom stereocenters. The number of hydrogen-bond acceptors (Lipinski definition) is 3. The van der Waals surface area contributed by atoms with Crippen molar-refractivity contribution >= 4 is 11.6 Å². The van der Waals surface area contributed by atoms with E-state index < -0.39 is 51.9 Å². The average Bonchev–Trinajstić information content (AvgIpc) is 2.44. The van der Waals surface area contributed by atoms with Gasteiger partial charge >= 0.3 is 40.7 Å². The first kappa shape index (κ1) is 23.1. The minimum atomic E-state index is -7.91. The highest BCUT2D eigenvalue weighted by atomic mass is 35.5. The van der Waals surface area contributed by atoms with Gasteiger partial charge in [0, 0.05) is 0 Å². The third-order valence-corrected chi connectivity index (χ3v) is 3.18. The van der Waals surface area contributed by atoms with Crippen molar-refractivity contribution in [1.82, 2.24) is 15.2 Å². The Hall–Kier alpha value is -1.94. The number of rotatable bonds is 6. The highest BCUT2D eigenvalue weighted by Crippen LogP contribution is 2.61. The third kappa shape index (κ3) is 3.04. The maximum absolute atomic E-state index is 13.6. The largest absolute Gasteiger partial charge is 0.393 e. The van der Waals surface area contributed by atoms with Gasteiger partial charge in [-0.15, -0.1) is 0 Å². The zero-order valence-electron chi connectivity index (χ0n) is 11.7. The van der Waals surface area contributed by atoms with Gasteiger partial charge in [0.15, 0.2) is 0 Å². The molecule has 0 spiro atoms. The van der Waals surface area contributed by atoms with Crippen molar-refractivity contribution in [3.63, 3.8) is 0 Å². The Labute approximate surface area is 142 Å². The van der Waals surface area contributed by atoms with Crippen LogP contribution in [-0.2, 0) is 5.92 Å². The van der Waals surface area contributed by atoms with Crippen LogP contribution in [0.2, 0.25) is 0 Å². The van der Waals surface area contributed by atoms with Crippen LogP contribution >= 0.6 is 11.6 Å². The first-order valence-electron chi connectivity index (χ1n) is 5.81. The molecule has 1 aromatic rings. The summed E-state index contributed by atoms with van der Waals surface area (Å²) >= 11 is 3.50. The van der Waals surface area contributed by atoms with E-state index in [0.717, 1.165) is 10.1 Å². The highest BCUT2D eigenvalue weighted by molar-refractivity contribution is 6.22. The van der Waals surface area contributed by atoms with Gasteiger partial charge in [0.05, 0.1) is 0 Å². The molecule has 0 atom stereocenters. The number of nitrogens with zero attached hydrogens (tertiary/aromatic N) is 1. The number of alkyl halides is 13. The highest BCUT2D eigenvalue weighted by Gasteiger charge is 2.90. The van der Waals surface area contributed by atoms with Gasteiger partial charge in [-0.3, -0.25) is 9.78 Å². The van der Waals surface area contributed by atoms with E-state index in [9.17, 15) is 62.3 Å². The monoisotopic (exact) mass is 447 g/mol. The number of halogens is 13. The van der Waals surface area contributed by atoms with E-state index in [-0.39, 0.29) is 0 Å². The van der Waals surface area contributed by atoms with Gasteiger partial charge in [-0.2, -0.15) is 57.8 Å². The third-order valence-electron chi connectivity index (χ3n) is 2.94. The predicted octanol–water partition coefficient (Wildman–Crippen LogP) is 2.92. The summed E-state index contributed by atoms with van der Waals surface area (Å²) < 4.78 is 157. The molecule has 0 aliphatic rings. The number of nitrogens with one attached hydrogen (secondary N) is 2. The lowest BCUT2D eigenvalue weighted by atomic mass is 9.93. The summed E-state index contributed by atoms with van der Waals surface area (Å²) in [6.07, 6.45) is 0. The minimum absolute atomic E-state index is 0.797. The molecule has 0 amide bonds. The molecule has 5 nitrogen and oxygen atoms in total. The molecule has 0 aliphatic heterocycles. The van der Waals surface area contributed by atoms with Gasteiger partial charge in [0.1, 0.15) is 0 Å². The average molecular weight is 448 g/mol. The van der Waals surface area contributed by atoms with Crippen LogP contribution in [0.3, 0.4) is 0 Å². The Kier molecular flexibility index (Phi) is 5.16. The van der Waals surface area contributed by atoms with Crippen molar-refractivity contribution in [1.29, 1.82) is 0 Å². The number of hydrogen-bond donors (Lipinski definition) is 2. The molecule has 18 heteroatoms. The van der Waals surface area contributed by atoms with Gasteiger partial charge in [0.2, 0.25) is 5.69 Å². The standard InChI is InChI=1S/C9H2ClF12N3O2/c10-9(21,22)8(19,20)7(17,18)6(15,16)5(13,14)4(11,12)1-2(26)23-3(27)25-24-1/h(H2,23,25,26,27). The molecule has 1 rings (SSSR count). The molecule has 1 heterocycles. The summed E-state index contributed by atoms with van der Waals surface area (Å²) in [4.78, 5) is 22.3. The van der Waals surface area contributed by atoms with E-state index in [2.05, 4.69) is 11.6 Å². The molecule has 156 valence electrons. The van der Waals surface area contributed by atoms with Crippen LogP contribution in [0.15, 0.2) is 9.59 Å². The van der Waals surface area contributed by atoms with Crippen LogP contribution in [0.1, 0.15) is 5.69 Å². The minimum Gasteiger partial charge on any atom is -0.271 e. The molecule has 2 N–H and O–H groups in total. The van der Waals surface area contributed by atoms with Crippen LogP contribution in [0.5, 0.6) is 0 Å². The Morgan fingerprint density at radius 2 is 1.11 bits per heavy atom. The second-order valence-corrected chi connectivity index (χ2v) is 5.20. The summed E-state index contributed by atoms with van der Waals surface area (Å²) in [7, 11) is 0. The zero-order chi connectivity index (χ0) is 21.9. The number of aromatic nitrogens is 3. The van der Waals surface area contributed by atoms with Gasteiger partial charge in [0.25, 0.3) is 5.56 Å². The van der Waals surface area contributed by atoms with E-state index in [4.69, 9.17) is 0 Å². The Morgan fingerprint density at radius 3 is 1.48 bits per heavy atom. The van der Waals surface area contributed by atoms with Crippen LogP contribution in [-0.4, -0.2) is 44.3 Å². The lowest BCUT2D eigenvalue weighted by Crippen LogP contribution is -2.69. The Morgan fingerprint density at radius 1 is 0.704 bits per heavy atom. The van der Waals surface area contributed by atoms with Crippen LogP contribution in [0.4, 0.5) is 52.7 Å². The van der Waals surface area contributed by atoms with Crippen molar-refractivity contribution in [2.75, 3.05) is 0 Å². The van der Waals surface area contributed by atoms with Crippen LogP contribution in [0.25, 0.3) is 0 Å². The molecular formula is C9H2ClF12N3O2. The van der Waals surface area contributed by atoms with Crippen molar-refractivity contribution in [3.8, 4) is 0 Å².